The molecule has 0 amide bonds. The highest BCUT2D eigenvalue weighted by Gasteiger charge is 2.31. The van der Waals surface area contributed by atoms with E-state index in [1.54, 1.807) is 0 Å². The lowest BCUT2D eigenvalue weighted by atomic mass is 9.70. The van der Waals surface area contributed by atoms with Gasteiger partial charge >= 0.3 is 0 Å². The zero-order chi connectivity index (χ0) is 22.6. The Morgan fingerprint density at radius 2 is 1.47 bits per heavy atom. The molecular weight excluding hydrogens is 396 g/mol. The van der Waals surface area contributed by atoms with Crippen molar-refractivity contribution in [2.45, 2.75) is 64.4 Å². The van der Waals surface area contributed by atoms with Gasteiger partial charge in [0.05, 0.1) is 11.8 Å². The maximum atomic E-state index is 6.05. The summed E-state index contributed by atoms with van der Waals surface area (Å²) in [5.41, 5.74) is 4.21. The highest BCUT2D eigenvalue weighted by molar-refractivity contribution is 5.57. The maximum Gasteiger partial charge on any atom is 0.238 e. The van der Waals surface area contributed by atoms with Crippen LogP contribution in [0.1, 0.15) is 69.7 Å². The lowest BCUT2D eigenvalue weighted by molar-refractivity contribution is 0.120. The molecule has 0 radical (unpaired) electrons. The topological polar surface area (TPSA) is 44.2 Å². The molecule has 0 N–H and O–H groups in total. The molecule has 0 bridgehead atoms. The summed E-state index contributed by atoms with van der Waals surface area (Å²) < 4.78 is 12.0. The number of hydrogen-bond acceptors (Lipinski definition) is 4. The molecular formula is C28H32N2O2. The van der Waals surface area contributed by atoms with Crippen LogP contribution in [-0.2, 0) is 5.41 Å². The third-order valence-corrected chi connectivity index (χ3v) is 6.68. The zero-order valence-corrected chi connectivity index (χ0v) is 19.3. The molecule has 0 aliphatic heterocycles. The summed E-state index contributed by atoms with van der Waals surface area (Å²) in [5, 5.41) is 8.29. The van der Waals surface area contributed by atoms with E-state index in [1.807, 2.05) is 31.2 Å². The van der Waals surface area contributed by atoms with Gasteiger partial charge in [-0.2, -0.15) is 0 Å². The smallest absolute Gasteiger partial charge is 0.238 e. The monoisotopic (exact) mass is 428 g/mol. The van der Waals surface area contributed by atoms with E-state index in [0.29, 0.717) is 12.0 Å². The molecule has 0 unspecified atom stereocenters. The predicted molar refractivity (Wildman–Crippen MR) is 129 cm³/mol. The van der Waals surface area contributed by atoms with E-state index in [2.05, 4.69) is 67.0 Å². The van der Waals surface area contributed by atoms with Gasteiger partial charge in [0.1, 0.15) is 11.5 Å². The minimum Gasteiger partial charge on any atom is -0.490 e. The Kier molecular flexibility index (Phi) is 6.59. The molecule has 4 heteroatoms. The molecule has 1 aliphatic carbocycles. The molecule has 0 spiro atoms. The molecule has 1 saturated carbocycles. The average molecular weight is 429 g/mol. The van der Waals surface area contributed by atoms with Gasteiger partial charge in [0.15, 0.2) is 0 Å². The Labute approximate surface area is 191 Å². The van der Waals surface area contributed by atoms with Crippen molar-refractivity contribution in [3.8, 4) is 17.4 Å². The first kappa shape index (κ1) is 22.1. The van der Waals surface area contributed by atoms with Crippen molar-refractivity contribution in [1.29, 1.82) is 0 Å². The minimum atomic E-state index is -0.0452. The first-order valence-corrected chi connectivity index (χ1v) is 11.6. The second-order valence-corrected chi connectivity index (χ2v) is 8.65. The third kappa shape index (κ3) is 4.55. The molecule has 3 aromatic rings. The normalized spacial score (nSPS) is 14.0. The SMILES string of the molecule is C=C(C)c1ccc(Oc2ccc(C(CC)(CC)c3ccc(OC4CCC4)cc3)cc2)nn1. The maximum absolute atomic E-state index is 6.05. The molecule has 1 aromatic heterocycles. The lowest BCUT2D eigenvalue weighted by Gasteiger charge is -2.34. The van der Waals surface area contributed by atoms with Gasteiger partial charge in [0.25, 0.3) is 0 Å². The van der Waals surface area contributed by atoms with E-state index in [9.17, 15) is 0 Å². The van der Waals surface area contributed by atoms with Gasteiger partial charge in [0, 0.05) is 11.5 Å². The van der Waals surface area contributed by atoms with Crippen LogP contribution in [0.15, 0.2) is 67.2 Å². The summed E-state index contributed by atoms with van der Waals surface area (Å²) in [6, 6.07) is 20.7. The molecule has 4 rings (SSSR count). The van der Waals surface area contributed by atoms with E-state index in [0.717, 1.165) is 35.6 Å². The number of nitrogens with zero attached hydrogens (tertiary/aromatic N) is 2. The Balaban J connectivity index is 1.52. The van der Waals surface area contributed by atoms with E-state index in [1.165, 1.54) is 30.4 Å². The number of aromatic nitrogens is 2. The second-order valence-electron chi connectivity index (χ2n) is 8.65. The summed E-state index contributed by atoms with van der Waals surface area (Å²) in [5.74, 6) is 2.20. The molecule has 4 nitrogen and oxygen atoms in total. The molecule has 1 aliphatic rings. The largest absolute Gasteiger partial charge is 0.490 e. The summed E-state index contributed by atoms with van der Waals surface area (Å²) in [6.07, 6.45) is 6.06. The van der Waals surface area contributed by atoms with Gasteiger partial charge in [-0.3, -0.25) is 0 Å². The van der Waals surface area contributed by atoms with Crippen LogP contribution in [0.25, 0.3) is 5.57 Å². The highest BCUT2D eigenvalue weighted by Crippen LogP contribution is 2.40. The number of allylic oxidation sites excluding steroid dienone is 1. The van der Waals surface area contributed by atoms with Crippen LogP contribution in [-0.4, -0.2) is 16.3 Å². The zero-order valence-electron chi connectivity index (χ0n) is 19.3. The number of ether oxygens (including phenoxy) is 2. The van der Waals surface area contributed by atoms with E-state index in [4.69, 9.17) is 9.47 Å². The molecule has 1 fully saturated rings. The van der Waals surface area contributed by atoms with Crippen molar-refractivity contribution >= 4 is 5.57 Å². The van der Waals surface area contributed by atoms with E-state index >= 15 is 0 Å². The predicted octanol–water partition coefficient (Wildman–Crippen LogP) is 7.34. The summed E-state index contributed by atoms with van der Waals surface area (Å²) in [4.78, 5) is 0. The van der Waals surface area contributed by atoms with Crippen LogP contribution < -0.4 is 9.47 Å². The molecule has 1 heterocycles. The quantitative estimate of drug-likeness (QED) is 0.358. The molecule has 2 aromatic carbocycles. The van der Waals surface area contributed by atoms with E-state index < -0.39 is 0 Å². The van der Waals surface area contributed by atoms with Crippen molar-refractivity contribution < 1.29 is 9.47 Å². The Morgan fingerprint density at radius 3 is 1.91 bits per heavy atom. The standard InChI is InChI=1S/C28H32N2O2/c1-5-28(6-2,21-10-14-24(15-11-21)31-23-8-7-9-23)22-12-16-25(17-13-22)32-27-19-18-26(20(3)4)29-30-27/h10-19,23H,3,5-9H2,1-2,4H3. The fraction of sp³-hybridized carbons (Fsp3) is 0.357. The fourth-order valence-corrected chi connectivity index (χ4v) is 4.33. The van der Waals surface area contributed by atoms with Crippen LogP contribution in [0, 0.1) is 0 Å². The Morgan fingerprint density at radius 1 is 0.875 bits per heavy atom. The van der Waals surface area contributed by atoms with Gasteiger partial charge in [-0.05, 0) is 86.1 Å². The van der Waals surface area contributed by atoms with Crippen molar-refractivity contribution in [2.75, 3.05) is 0 Å². The Bertz CT molecular complexity index is 1030. The summed E-state index contributed by atoms with van der Waals surface area (Å²) in [7, 11) is 0. The summed E-state index contributed by atoms with van der Waals surface area (Å²) >= 11 is 0. The van der Waals surface area contributed by atoms with Crippen LogP contribution in [0.5, 0.6) is 17.4 Å². The molecule has 0 atom stereocenters. The number of hydrogen-bond donors (Lipinski definition) is 0. The first-order chi connectivity index (χ1) is 15.5. The van der Waals surface area contributed by atoms with Gasteiger partial charge < -0.3 is 9.47 Å². The van der Waals surface area contributed by atoms with Gasteiger partial charge in [-0.25, -0.2) is 0 Å². The second kappa shape index (κ2) is 9.56. The van der Waals surface area contributed by atoms with Crippen LogP contribution >= 0.6 is 0 Å². The highest BCUT2D eigenvalue weighted by atomic mass is 16.5. The first-order valence-electron chi connectivity index (χ1n) is 11.6. The van der Waals surface area contributed by atoms with Crippen molar-refractivity contribution in [3.05, 3.63) is 84.1 Å². The van der Waals surface area contributed by atoms with Gasteiger partial charge in [-0.15, -0.1) is 10.2 Å². The number of rotatable bonds is 9. The lowest BCUT2D eigenvalue weighted by Crippen LogP contribution is -2.26. The van der Waals surface area contributed by atoms with Crippen LogP contribution in [0.4, 0.5) is 0 Å². The average Bonchev–Trinajstić information content (AvgIpc) is 2.80. The van der Waals surface area contributed by atoms with Crippen LogP contribution in [0.3, 0.4) is 0 Å². The molecule has 32 heavy (non-hydrogen) atoms. The van der Waals surface area contributed by atoms with Crippen LogP contribution in [0.2, 0.25) is 0 Å². The number of benzene rings is 2. The fourth-order valence-electron chi connectivity index (χ4n) is 4.33. The minimum absolute atomic E-state index is 0.0452. The van der Waals surface area contributed by atoms with Crippen molar-refractivity contribution in [3.63, 3.8) is 0 Å². The van der Waals surface area contributed by atoms with Crippen molar-refractivity contribution in [2.24, 2.45) is 0 Å². The van der Waals surface area contributed by atoms with E-state index in [-0.39, 0.29) is 5.41 Å². The van der Waals surface area contributed by atoms with Gasteiger partial charge in [0.2, 0.25) is 5.88 Å². The third-order valence-electron chi connectivity index (χ3n) is 6.68. The summed E-state index contributed by atoms with van der Waals surface area (Å²) in [6.45, 7) is 10.3. The molecule has 0 saturated heterocycles. The Hall–Kier alpha value is -3.14. The van der Waals surface area contributed by atoms with Gasteiger partial charge in [-0.1, -0.05) is 44.7 Å². The van der Waals surface area contributed by atoms with Crippen molar-refractivity contribution in [1.82, 2.24) is 10.2 Å². The molecule has 166 valence electrons.